The molecule has 2 N–H and O–H groups in total. The summed E-state index contributed by atoms with van der Waals surface area (Å²) in [5.41, 5.74) is -1.04. The Hall–Kier alpha value is -1.28. The van der Waals surface area contributed by atoms with E-state index in [9.17, 15) is 9.59 Å². The van der Waals surface area contributed by atoms with Crippen LogP contribution in [0.25, 0.3) is 0 Å². The predicted molar refractivity (Wildman–Crippen MR) is 78.0 cm³/mol. The summed E-state index contributed by atoms with van der Waals surface area (Å²) in [7, 11) is 0. The zero-order chi connectivity index (χ0) is 15.2. The van der Waals surface area contributed by atoms with Crippen molar-refractivity contribution in [2.75, 3.05) is 18.9 Å². The van der Waals surface area contributed by atoms with Crippen LogP contribution in [-0.4, -0.2) is 45.2 Å². The van der Waals surface area contributed by atoms with E-state index >= 15 is 0 Å². The van der Waals surface area contributed by atoms with Crippen LogP contribution in [0, 0.1) is 0 Å². The molecule has 0 bridgehead atoms. The zero-order valence-corrected chi connectivity index (χ0v) is 13.2. The molecule has 0 saturated heterocycles. The Balaban J connectivity index is 2.81. The van der Waals surface area contributed by atoms with Gasteiger partial charge in [-0.3, -0.25) is 9.36 Å². The van der Waals surface area contributed by atoms with Crippen LogP contribution in [0.3, 0.4) is 0 Å². The van der Waals surface area contributed by atoms with Gasteiger partial charge in [0.05, 0.1) is 6.61 Å². The Kier molecular flexibility index (Phi) is 6.28. The van der Waals surface area contributed by atoms with Crippen LogP contribution in [0.5, 0.6) is 0 Å². The summed E-state index contributed by atoms with van der Waals surface area (Å²) < 4.78 is 6.63. The van der Waals surface area contributed by atoms with Gasteiger partial charge < -0.3 is 10.1 Å². The lowest BCUT2D eigenvalue weighted by Gasteiger charge is -2.27. The average Bonchev–Trinajstić information content (AvgIpc) is 2.77. The van der Waals surface area contributed by atoms with Crippen molar-refractivity contribution in [3.63, 3.8) is 0 Å². The second-order valence-corrected chi connectivity index (χ2v) is 5.37. The van der Waals surface area contributed by atoms with Crippen molar-refractivity contribution >= 4 is 17.7 Å². The number of nitrogens with zero attached hydrogens (tertiary/aromatic N) is 2. The predicted octanol–water partition coefficient (Wildman–Crippen LogP) is 0.615. The number of rotatable bonds is 8. The lowest BCUT2D eigenvalue weighted by molar-refractivity contribution is -0.149. The number of ether oxygens (including phenoxy) is 1. The molecule has 0 saturated carbocycles. The maximum absolute atomic E-state index is 12.0. The minimum Gasteiger partial charge on any atom is -0.465 e. The number of aromatic amines is 1. The Morgan fingerprint density at radius 2 is 2.20 bits per heavy atom. The van der Waals surface area contributed by atoms with Crippen LogP contribution in [0.1, 0.15) is 27.7 Å². The van der Waals surface area contributed by atoms with Gasteiger partial charge in [0, 0.05) is 12.3 Å². The van der Waals surface area contributed by atoms with Crippen molar-refractivity contribution in [3.8, 4) is 0 Å². The first kappa shape index (κ1) is 16.8. The second kappa shape index (κ2) is 7.49. The van der Waals surface area contributed by atoms with Crippen molar-refractivity contribution in [2.24, 2.45) is 0 Å². The van der Waals surface area contributed by atoms with Gasteiger partial charge in [-0.15, -0.1) is 5.10 Å². The van der Waals surface area contributed by atoms with E-state index in [2.05, 4.69) is 15.5 Å². The summed E-state index contributed by atoms with van der Waals surface area (Å²) in [5, 5.41) is 10.1. The smallest absolute Gasteiger partial charge is 0.343 e. The Bertz CT molecular complexity index is 499. The van der Waals surface area contributed by atoms with E-state index in [4.69, 9.17) is 4.74 Å². The van der Waals surface area contributed by atoms with Crippen LogP contribution >= 0.6 is 11.8 Å². The van der Waals surface area contributed by atoms with E-state index in [1.54, 1.807) is 13.8 Å². The highest BCUT2D eigenvalue weighted by molar-refractivity contribution is 7.99. The standard InChI is InChI=1S/C12H22N4O3S/c1-5-13-12(4,9(17)19-7-3)8-20-11-15-14-10(18)16(11)6-2/h13H,5-8H2,1-4H3,(H,14,18). The molecule has 1 aromatic heterocycles. The van der Waals surface area contributed by atoms with E-state index < -0.39 is 5.54 Å². The lowest BCUT2D eigenvalue weighted by Crippen LogP contribution is -2.52. The first-order valence-corrected chi connectivity index (χ1v) is 7.67. The largest absolute Gasteiger partial charge is 0.465 e. The Labute approximate surface area is 122 Å². The van der Waals surface area contributed by atoms with E-state index in [-0.39, 0.29) is 11.7 Å². The van der Waals surface area contributed by atoms with Crippen LogP contribution in [0.15, 0.2) is 9.95 Å². The van der Waals surface area contributed by atoms with Crippen LogP contribution in [0.4, 0.5) is 0 Å². The Morgan fingerprint density at radius 1 is 1.50 bits per heavy atom. The average molecular weight is 302 g/mol. The number of hydrogen-bond acceptors (Lipinski definition) is 6. The summed E-state index contributed by atoms with van der Waals surface area (Å²) in [6, 6.07) is 0. The Morgan fingerprint density at radius 3 is 2.75 bits per heavy atom. The summed E-state index contributed by atoms with van der Waals surface area (Å²) >= 11 is 1.35. The van der Waals surface area contributed by atoms with Gasteiger partial charge in [0.2, 0.25) is 0 Å². The fourth-order valence-corrected chi connectivity index (χ4v) is 2.88. The molecule has 1 atom stereocenters. The molecular weight excluding hydrogens is 280 g/mol. The highest BCUT2D eigenvalue weighted by atomic mass is 32.2. The van der Waals surface area contributed by atoms with Crippen molar-refractivity contribution < 1.29 is 9.53 Å². The fraction of sp³-hybridized carbons (Fsp3) is 0.750. The molecule has 0 amide bonds. The molecule has 7 nitrogen and oxygen atoms in total. The number of aromatic nitrogens is 3. The molecule has 0 aliphatic rings. The summed E-state index contributed by atoms with van der Waals surface area (Å²) in [5.74, 6) is 0.138. The summed E-state index contributed by atoms with van der Waals surface area (Å²) in [6.45, 7) is 8.90. The summed E-state index contributed by atoms with van der Waals surface area (Å²) in [6.07, 6.45) is 0. The highest BCUT2D eigenvalue weighted by Gasteiger charge is 2.34. The van der Waals surface area contributed by atoms with Gasteiger partial charge in [-0.05, 0) is 27.3 Å². The van der Waals surface area contributed by atoms with Crippen LogP contribution in [0.2, 0.25) is 0 Å². The molecule has 1 rings (SSSR count). The molecule has 0 aromatic carbocycles. The highest BCUT2D eigenvalue weighted by Crippen LogP contribution is 2.21. The second-order valence-electron chi connectivity index (χ2n) is 4.43. The van der Waals surface area contributed by atoms with E-state index in [1.807, 2.05) is 13.8 Å². The number of hydrogen-bond donors (Lipinski definition) is 2. The number of H-pyrrole nitrogens is 1. The van der Waals surface area contributed by atoms with Gasteiger partial charge >= 0.3 is 11.7 Å². The number of esters is 1. The minimum absolute atomic E-state index is 0.240. The molecule has 114 valence electrons. The minimum atomic E-state index is -0.803. The summed E-state index contributed by atoms with van der Waals surface area (Å²) in [4.78, 5) is 23.5. The molecule has 1 heterocycles. The molecule has 0 aliphatic carbocycles. The first-order chi connectivity index (χ1) is 9.48. The van der Waals surface area contributed by atoms with Gasteiger partial charge in [0.25, 0.3) is 0 Å². The molecule has 0 spiro atoms. The van der Waals surface area contributed by atoms with Gasteiger partial charge in [-0.1, -0.05) is 18.7 Å². The normalized spacial score (nSPS) is 14.0. The van der Waals surface area contributed by atoms with Crippen LogP contribution in [-0.2, 0) is 16.1 Å². The molecule has 8 heteroatoms. The molecule has 1 aromatic rings. The molecule has 20 heavy (non-hydrogen) atoms. The van der Waals surface area contributed by atoms with E-state index in [0.29, 0.717) is 30.6 Å². The number of carbonyl (C=O) groups is 1. The van der Waals surface area contributed by atoms with Gasteiger partial charge in [-0.25, -0.2) is 9.89 Å². The van der Waals surface area contributed by atoms with Crippen molar-refractivity contribution in [3.05, 3.63) is 10.5 Å². The monoisotopic (exact) mass is 302 g/mol. The first-order valence-electron chi connectivity index (χ1n) is 6.68. The van der Waals surface area contributed by atoms with Crippen LogP contribution < -0.4 is 11.0 Å². The zero-order valence-electron chi connectivity index (χ0n) is 12.4. The SMILES string of the molecule is CCNC(C)(CSc1n[nH]c(=O)n1CC)C(=O)OCC. The topological polar surface area (TPSA) is 89.0 Å². The molecule has 0 radical (unpaired) electrons. The number of likely N-dealkylation sites (N-methyl/N-ethyl adjacent to an activating group) is 1. The molecular formula is C12H22N4O3S. The van der Waals surface area contributed by atoms with Gasteiger partial charge in [0.1, 0.15) is 5.54 Å². The molecule has 1 unspecified atom stereocenters. The van der Waals surface area contributed by atoms with E-state index in [0.717, 1.165) is 0 Å². The fourth-order valence-electron chi connectivity index (χ4n) is 1.76. The lowest BCUT2D eigenvalue weighted by atomic mass is 10.1. The van der Waals surface area contributed by atoms with Crippen molar-refractivity contribution in [1.29, 1.82) is 0 Å². The van der Waals surface area contributed by atoms with Crippen molar-refractivity contribution in [1.82, 2.24) is 20.1 Å². The number of nitrogens with one attached hydrogen (secondary N) is 2. The molecule has 0 aliphatic heterocycles. The maximum Gasteiger partial charge on any atom is 0.343 e. The third-order valence-electron chi connectivity index (χ3n) is 2.82. The van der Waals surface area contributed by atoms with Gasteiger partial charge in [0.15, 0.2) is 5.16 Å². The quantitative estimate of drug-likeness (QED) is 0.540. The molecule has 0 fully saturated rings. The third kappa shape index (κ3) is 3.86. The number of carbonyl (C=O) groups excluding carboxylic acids is 1. The maximum atomic E-state index is 12.0. The van der Waals surface area contributed by atoms with Gasteiger partial charge in [-0.2, -0.15) is 0 Å². The van der Waals surface area contributed by atoms with Crippen molar-refractivity contribution in [2.45, 2.75) is 44.9 Å². The van der Waals surface area contributed by atoms with E-state index in [1.165, 1.54) is 16.3 Å². The third-order valence-corrected chi connectivity index (χ3v) is 4.11. The number of thioether (sulfide) groups is 1.